The van der Waals surface area contributed by atoms with Gasteiger partial charge < -0.3 is 19.9 Å². The summed E-state index contributed by atoms with van der Waals surface area (Å²) in [5.41, 5.74) is 2.47. The normalized spacial score (nSPS) is 15.0. The van der Waals surface area contributed by atoms with Crippen molar-refractivity contribution in [3.63, 3.8) is 0 Å². The third-order valence-corrected chi connectivity index (χ3v) is 4.90. The Morgan fingerprint density at radius 1 is 1.19 bits per heavy atom. The first-order valence-corrected chi connectivity index (χ1v) is 9.34. The Morgan fingerprint density at radius 2 is 1.88 bits per heavy atom. The van der Waals surface area contributed by atoms with Crippen molar-refractivity contribution in [2.75, 3.05) is 50.1 Å². The second-order valence-electron chi connectivity index (χ2n) is 6.52. The predicted molar refractivity (Wildman–Crippen MR) is 106 cm³/mol. The number of likely N-dealkylation sites (N-methyl/N-ethyl adjacent to an activating group) is 1. The van der Waals surface area contributed by atoms with Crippen LogP contribution in [-0.4, -0.2) is 45.7 Å². The van der Waals surface area contributed by atoms with E-state index in [-0.39, 0.29) is 5.91 Å². The van der Waals surface area contributed by atoms with Gasteiger partial charge in [0.25, 0.3) is 5.91 Å². The molecule has 2 aromatic rings. The van der Waals surface area contributed by atoms with Gasteiger partial charge >= 0.3 is 0 Å². The van der Waals surface area contributed by atoms with Gasteiger partial charge in [0.15, 0.2) is 0 Å². The summed E-state index contributed by atoms with van der Waals surface area (Å²) in [5.74, 6) is 0.398. The van der Waals surface area contributed by atoms with Crippen molar-refractivity contribution in [2.24, 2.45) is 0 Å². The molecular formula is C20H25ClN3O2+. The smallest absolute Gasteiger partial charge is 0.255 e. The van der Waals surface area contributed by atoms with Crippen LogP contribution >= 0.6 is 11.6 Å². The zero-order valence-electron chi connectivity index (χ0n) is 15.2. The van der Waals surface area contributed by atoms with Crippen LogP contribution in [0.2, 0.25) is 5.02 Å². The molecule has 0 aromatic heterocycles. The van der Waals surface area contributed by atoms with Crippen molar-refractivity contribution in [3.8, 4) is 5.75 Å². The van der Waals surface area contributed by atoms with Crippen LogP contribution in [0.3, 0.4) is 0 Å². The second-order valence-corrected chi connectivity index (χ2v) is 6.93. The number of hydrogen-bond acceptors (Lipinski definition) is 3. The number of nitrogens with zero attached hydrogens (tertiary/aromatic N) is 1. The Balaban J connectivity index is 1.63. The lowest BCUT2D eigenvalue weighted by atomic mass is 10.2. The molecule has 1 fully saturated rings. The average molecular weight is 375 g/mol. The maximum absolute atomic E-state index is 12.4. The molecule has 5 nitrogen and oxygen atoms in total. The maximum Gasteiger partial charge on any atom is 0.255 e. The molecule has 1 heterocycles. The molecule has 3 rings (SSSR count). The topological polar surface area (TPSA) is 46.0 Å². The number of carbonyl (C=O) groups excluding carboxylic acids is 1. The van der Waals surface area contributed by atoms with Crippen molar-refractivity contribution in [1.82, 2.24) is 0 Å². The first-order chi connectivity index (χ1) is 12.6. The molecule has 138 valence electrons. The Morgan fingerprint density at radius 3 is 2.50 bits per heavy atom. The molecule has 1 amide bonds. The first-order valence-electron chi connectivity index (χ1n) is 8.97. The molecule has 0 unspecified atom stereocenters. The fraction of sp³-hybridized carbons (Fsp3) is 0.350. The van der Waals surface area contributed by atoms with Gasteiger partial charge in [-0.1, -0.05) is 11.6 Å². The SMILES string of the molecule is CCOc1ccc(C(=O)Nc2ccc(N3CC[NH+](C)CC3)cc2)cc1Cl. The number of hydrogen-bond donors (Lipinski definition) is 2. The number of rotatable bonds is 5. The number of ether oxygens (including phenoxy) is 1. The van der Waals surface area contributed by atoms with Crippen LogP contribution in [0.5, 0.6) is 5.75 Å². The molecule has 0 aliphatic carbocycles. The summed E-state index contributed by atoms with van der Waals surface area (Å²) in [5, 5.41) is 3.35. The quantitative estimate of drug-likeness (QED) is 0.844. The van der Waals surface area contributed by atoms with E-state index < -0.39 is 0 Å². The van der Waals surface area contributed by atoms with E-state index in [9.17, 15) is 4.79 Å². The van der Waals surface area contributed by atoms with Crippen LogP contribution in [0.25, 0.3) is 0 Å². The summed E-state index contributed by atoms with van der Waals surface area (Å²) in [7, 11) is 2.23. The van der Waals surface area contributed by atoms with Crippen molar-refractivity contribution in [1.29, 1.82) is 0 Å². The van der Waals surface area contributed by atoms with E-state index in [0.29, 0.717) is 22.9 Å². The van der Waals surface area contributed by atoms with Crippen molar-refractivity contribution >= 4 is 28.9 Å². The van der Waals surface area contributed by atoms with Gasteiger partial charge in [-0.05, 0) is 49.4 Å². The van der Waals surface area contributed by atoms with E-state index in [4.69, 9.17) is 16.3 Å². The zero-order chi connectivity index (χ0) is 18.5. The predicted octanol–water partition coefficient (Wildman–Crippen LogP) is 2.33. The maximum atomic E-state index is 12.4. The average Bonchev–Trinajstić information content (AvgIpc) is 2.65. The van der Waals surface area contributed by atoms with Gasteiger partial charge in [0, 0.05) is 16.9 Å². The number of piperazine rings is 1. The van der Waals surface area contributed by atoms with Crippen LogP contribution < -0.4 is 19.9 Å². The summed E-state index contributed by atoms with van der Waals surface area (Å²) < 4.78 is 5.40. The second kappa shape index (κ2) is 8.43. The molecular weight excluding hydrogens is 350 g/mol. The Kier molecular flexibility index (Phi) is 6.01. The molecule has 2 aromatic carbocycles. The van der Waals surface area contributed by atoms with E-state index in [1.54, 1.807) is 23.1 Å². The van der Waals surface area contributed by atoms with Crippen LogP contribution in [0.4, 0.5) is 11.4 Å². The van der Waals surface area contributed by atoms with Gasteiger partial charge in [-0.25, -0.2) is 0 Å². The Hall–Kier alpha value is -2.24. The fourth-order valence-corrected chi connectivity index (χ4v) is 3.26. The van der Waals surface area contributed by atoms with E-state index in [2.05, 4.69) is 29.4 Å². The first kappa shape index (κ1) is 18.5. The lowest BCUT2D eigenvalue weighted by molar-refractivity contribution is -0.880. The van der Waals surface area contributed by atoms with Gasteiger partial charge in [0.1, 0.15) is 5.75 Å². The van der Waals surface area contributed by atoms with Gasteiger partial charge in [-0.3, -0.25) is 4.79 Å². The summed E-state index contributed by atoms with van der Waals surface area (Å²) in [6.45, 7) is 6.84. The van der Waals surface area contributed by atoms with Gasteiger partial charge in [-0.2, -0.15) is 0 Å². The third-order valence-electron chi connectivity index (χ3n) is 4.60. The lowest BCUT2D eigenvalue weighted by Gasteiger charge is -2.31. The van der Waals surface area contributed by atoms with E-state index >= 15 is 0 Å². The van der Waals surface area contributed by atoms with Crippen molar-refractivity contribution in [2.45, 2.75) is 6.92 Å². The van der Waals surface area contributed by atoms with E-state index in [0.717, 1.165) is 31.9 Å². The van der Waals surface area contributed by atoms with Crippen molar-refractivity contribution in [3.05, 3.63) is 53.1 Å². The number of anilines is 2. The van der Waals surface area contributed by atoms with Gasteiger partial charge in [0.2, 0.25) is 0 Å². The molecule has 6 heteroatoms. The van der Waals surface area contributed by atoms with Crippen molar-refractivity contribution < 1.29 is 14.4 Å². The zero-order valence-corrected chi connectivity index (χ0v) is 16.0. The summed E-state index contributed by atoms with van der Waals surface area (Å²) in [4.78, 5) is 16.4. The molecule has 0 bridgehead atoms. The lowest BCUT2D eigenvalue weighted by Crippen LogP contribution is -3.12. The van der Waals surface area contributed by atoms with Crippen LogP contribution in [0.1, 0.15) is 17.3 Å². The monoisotopic (exact) mass is 374 g/mol. The molecule has 2 N–H and O–H groups in total. The van der Waals surface area contributed by atoms with E-state index in [1.165, 1.54) is 5.69 Å². The number of benzene rings is 2. The molecule has 0 atom stereocenters. The molecule has 0 spiro atoms. The highest BCUT2D eigenvalue weighted by Gasteiger charge is 2.17. The Labute approximate surface area is 159 Å². The number of carbonyl (C=O) groups is 1. The minimum absolute atomic E-state index is 0.189. The molecule has 1 saturated heterocycles. The number of quaternary nitrogens is 1. The summed E-state index contributed by atoms with van der Waals surface area (Å²) in [6.07, 6.45) is 0. The Bertz CT molecular complexity index is 756. The van der Waals surface area contributed by atoms with Gasteiger partial charge in [-0.15, -0.1) is 0 Å². The summed E-state index contributed by atoms with van der Waals surface area (Å²) in [6, 6.07) is 13.1. The highest BCUT2D eigenvalue weighted by Crippen LogP contribution is 2.26. The molecule has 0 radical (unpaired) electrons. The fourth-order valence-electron chi connectivity index (χ4n) is 3.02. The highest BCUT2D eigenvalue weighted by molar-refractivity contribution is 6.32. The molecule has 26 heavy (non-hydrogen) atoms. The number of amides is 1. The van der Waals surface area contributed by atoms with E-state index in [1.807, 2.05) is 19.1 Å². The molecule has 1 aliphatic rings. The molecule has 1 aliphatic heterocycles. The number of nitrogens with one attached hydrogen (secondary N) is 2. The van der Waals surface area contributed by atoms with Crippen LogP contribution in [-0.2, 0) is 0 Å². The standard InChI is InChI=1S/C20H24ClN3O2/c1-3-26-19-9-4-15(14-18(19)21)20(25)22-16-5-7-17(8-6-16)24-12-10-23(2)11-13-24/h4-9,14H,3,10-13H2,1-2H3,(H,22,25)/p+1. The minimum atomic E-state index is -0.189. The minimum Gasteiger partial charge on any atom is -0.492 e. The highest BCUT2D eigenvalue weighted by atomic mass is 35.5. The third kappa shape index (κ3) is 4.48. The largest absolute Gasteiger partial charge is 0.492 e. The van der Waals surface area contributed by atoms with Crippen LogP contribution in [0.15, 0.2) is 42.5 Å². The molecule has 0 saturated carbocycles. The van der Waals surface area contributed by atoms with Crippen LogP contribution in [0, 0.1) is 0 Å². The number of halogens is 1. The van der Waals surface area contributed by atoms with Gasteiger partial charge in [0.05, 0.1) is 44.9 Å². The summed E-state index contributed by atoms with van der Waals surface area (Å²) >= 11 is 6.16.